The summed E-state index contributed by atoms with van der Waals surface area (Å²) >= 11 is 0. The van der Waals surface area contributed by atoms with Crippen LogP contribution in [0.2, 0.25) is 0 Å². The lowest BCUT2D eigenvalue weighted by Gasteiger charge is -2.17. The second kappa shape index (κ2) is 8.80. The zero-order valence-corrected chi connectivity index (χ0v) is 17.1. The molecule has 6 heteroatoms. The zero-order valence-electron chi connectivity index (χ0n) is 17.1. The van der Waals surface area contributed by atoms with Gasteiger partial charge >= 0.3 is 0 Å². The van der Waals surface area contributed by atoms with Crippen LogP contribution in [0.4, 0.5) is 6.01 Å². The van der Waals surface area contributed by atoms with E-state index in [0.717, 1.165) is 47.2 Å². The highest BCUT2D eigenvalue weighted by Crippen LogP contribution is 2.36. The van der Waals surface area contributed by atoms with E-state index in [1.54, 1.807) is 14.2 Å². The van der Waals surface area contributed by atoms with Crippen molar-refractivity contribution in [1.82, 2.24) is 9.88 Å². The fourth-order valence-electron chi connectivity index (χ4n) is 2.80. The summed E-state index contributed by atoms with van der Waals surface area (Å²) < 4.78 is 16.7. The monoisotopic (exact) mass is 381 g/mol. The molecule has 6 nitrogen and oxygen atoms in total. The topological polar surface area (TPSA) is 51.0 Å². The number of hydrogen-bond acceptors (Lipinski definition) is 6. The number of hydrogen-bond donors (Lipinski definition) is 0. The minimum absolute atomic E-state index is 0.596. The molecule has 0 radical (unpaired) electrons. The van der Waals surface area contributed by atoms with E-state index in [4.69, 9.17) is 18.9 Å². The second-order valence-electron chi connectivity index (χ2n) is 6.86. The number of rotatable bonds is 8. The molecular weight excluding hydrogens is 354 g/mol. The van der Waals surface area contributed by atoms with Gasteiger partial charge in [-0.25, -0.2) is 0 Å². The summed E-state index contributed by atoms with van der Waals surface area (Å²) in [5, 5.41) is 0. The molecule has 0 aliphatic heterocycles. The van der Waals surface area contributed by atoms with E-state index in [2.05, 4.69) is 19.0 Å². The molecule has 0 spiro atoms. The summed E-state index contributed by atoms with van der Waals surface area (Å²) in [5.74, 6) is 2.35. The van der Waals surface area contributed by atoms with E-state index in [1.807, 2.05) is 60.5 Å². The maximum Gasteiger partial charge on any atom is 0.298 e. The van der Waals surface area contributed by atoms with Gasteiger partial charge in [-0.05, 0) is 62.6 Å². The third-order valence-electron chi connectivity index (χ3n) is 4.54. The number of benzene rings is 2. The molecule has 3 aromatic rings. The molecule has 0 N–H and O–H groups in total. The van der Waals surface area contributed by atoms with Crippen LogP contribution in [-0.4, -0.2) is 58.3 Å². The first-order valence-corrected chi connectivity index (χ1v) is 9.17. The van der Waals surface area contributed by atoms with Crippen LogP contribution < -0.4 is 14.4 Å². The van der Waals surface area contributed by atoms with Gasteiger partial charge in [-0.2, -0.15) is 4.98 Å². The van der Waals surface area contributed by atoms with Gasteiger partial charge in [0.05, 0.1) is 14.2 Å². The fraction of sp³-hybridized carbons (Fsp3) is 0.318. The minimum atomic E-state index is 0.596. The van der Waals surface area contributed by atoms with Crippen molar-refractivity contribution in [3.8, 4) is 34.1 Å². The Bertz CT molecular complexity index is 821. The van der Waals surface area contributed by atoms with Crippen molar-refractivity contribution in [1.29, 1.82) is 0 Å². The van der Waals surface area contributed by atoms with Crippen molar-refractivity contribution < 1.29 is 13.9 Å². The van der Waals surface area contributed by atoms with Crippen molar-refractivity contribution in [3.63, 3.8) is 0 Å². The lowest BCUT2D eigenvalue weighted by molar-refractivity contribution is 0.410. The summed E-state index contributed by atoms with van der Waals surface area (Å²) in [6, 6.07) is 16.2. The highest BCUT2D eigenvalue weighted by atomic mass is 16.5. The predicted molar refractivity (Wildman–Crippen MR) is 112 cm³/mol. The Morgan fingerprint density at radius 2 is 1.32 bits per heavy atom. The first kappa shape index (κ1) is 19.8. The normalized spacial score (nSPS) is 10.9. The van der Waals surface area contributed by atoms with Crippen LogP contribution in [0.3, 0.4) is 0 Å². The second-order valence-corrected chi connectivity index (χ2v) is 6.86. The number of aromatic nitrogens is 1. The van der Waals surface area contributed by atoms with Gasteiger partial charge in [0, 0.05) is 31.3 Å². The molecule has 2 aromatic carbocycles. The first-order valence-electron chi connectivity index (χ1n) is 9.17. The molecule has 28 heavy (non-hydrogen) atoms. The van der Waals surface area contributed by atoms with Crippen LogP contribution in [0.15, 0.2) is 52.9 Å². The SMILES string of the molecule is COc1ccc(-c2nc(N(C)CCN(C)C)oc2-c2ccc(OC)cc2)cc1. The molecule has 0 unspecified atom stereocenters. The van der Waals surface area contributed by atoms with Crippen molar-refractivity contribution in [2.75, 3.05) is 53.4 Å². The van der Waals surface area contributed by atoms with Gasteiger partial charge in [-0.15, -0.1) is 0 Å². The van der Waals surface area contributed by atoms with E-state index >= 15 is 0 Å². The lowest BCUT2D eigenvalue weighted by Crippen LogP contribution is -2.28. The molecule has 148 valence electrons. The third kappa shape index (κ3) is 4.46. The van der Waals surface area contributed by atoms with Crippen molar-refractivity contribution in [3.05, 3.63) is 48.5 Å². The molecule has 0 saturated heterocycles. The average Bonchev–Trinajstić information content (AvgIpc) is 3.17. The Hall–Kier alpha value is -2.99. The van der Waals surface area contributed by atoms with E-state index in [-0.39, 0.29) is 0 Å². The summed E-state index contributed by atoms with van der Waals surface area (Å²) in [4.78, 5) is 8.96. The van der Waals surface area contributed by atoms with Gasteiger partial charge < -0.3 is 23.7 Å². The van der Waals surface area contributed by atoms with Gasteiger partial charge in [-0.3, -0.25) is 0 Å². The van der Waals surface area contributed by atoms with Gasteiger partial charge in [0.15, 0.2) is 5.76 Å². The Morgan fingerprint density at radius 1 is 0.786 bits per heavy atom. The van der Waals surface area contributed by atoms with Gasteiger partial charge in [-0.1, -0.05) is 0 Å². The number of nitrogens with zero attached hydrogens (tertiary/aromatic N) is 3. The highest BCUT2D eigenvalue weighted by molar-refractivity contribution is 5.78. The summed E-state index contributed by atoms with van der Waals surface area (Å²) in [6.45, 7) is 1.73. The smallest absolute Gasteiger partial charge is 0.298 e. The average molecular weight is 381 g/mol. The molecular formula is C22H27N3O3. The molecule has 1 heterocycles. The molecule has 0 bridgehead atoms. The Morgan fingerprint density at radius 3 is 1.82 bits per heavy atom. The molecule has 3 rings (SSSR count). The van der Waals surface area contributed by atoms with Gasteiger partial charge in [0.1, 0.15) is 17.2 Å². The standard InChI is InChI=1S/C22H27N3O3/c1-24(2)14-15-25(3)22-23-20(16-6-10-18(26-4)11-7-16)21(28-22)17-8-12-19(27-5)13-9-17/h6-13H,14-15H2,1-5H3. The third-order valence-corrected chi connectivity index (χ3v) is 4.54. The maximum absolute atomic E-state index is 6.20. The van der Waals surface area contributed by atoms with Crippen LogP contribution in [0.25, 0.3) is 22.6 Å². The summed E-state index contributed by atoms with van der Waals surface area (Å²) in [5.41, 5.74) is 2.73. The minimum Gasteiger partial charge on any atom is -0.497 e. The molecule has 0 saturated carbocycles. The number of ether oxygens (including phenoxy) is 2. The lowest BCUT2D eigenvalue weighted by atomic mass is 10.1. The maximum atomic E-state index is 6.20. The molecule has 0 amide bonds. The van der Waals surface area contributed by atoms with E-state index < -0.39 is 0 Å². The van der Waals surface area contributed by atoms with Crippen molar-refractivity contribution >= 4 is 6.01 Å². The number of methoxy groups -OCH3 is 2. The van der Waals surface area contributed by atoms with Crippen LogP contribution in [0.5, 0.6) is 11.5 Å². The van der Waals surface area contributed by atoms with E-state index in [9.17, 15) is 0 Å². The highest BCUT2D eigenvalue weighted by Gasteiger charge is 2.19. The quantitative estimate of drug-likeness (QED) is 0.587. The largest absolute Gasteiger partial charge is 0.497 e. The fourth-order valence-corrected chi connectivity index (χ4v) is 2.80. The molecule has 0 atom stereocenters. The van der Waals surface area contributed by atoms with Crippen LogP contribution in [0.1, 0.15) is 0 Å². The van der Waals surface area contributed by atoms with Crippen LogP contribution in [-0.2, 0) is 0 Å². The van der Waals surface area contributed by atoms with Gasteiger partial charge in [0.2, 0.25) is 0 Å². The van der Waals surface area contributed by atoms with E-state index in [1.165, 1.54) is 0 Å². The van der Waals surface area contributed by atoms with Crippen LogP contribution >= 0.6 is 0 Å². The number of anilines is 1. The van der Waals surface area contributed by atoms with Crippen molar-refractivity contribution in [2.45, 2.75) is 0 Å². The van der Waals surface area contributed by atoms with E-state index in [0.29, 0.717) is 6.01 Å². The van der Waals surface area contributed by atoms with Crippen molar-refractivity contribution in [2.24, 2.45) is 0 Å². The summed E-state index contributed by atoms with van der Waals surface area (Å²) in [6.07, 6.45) is 0. The number of oxazole rings is 1. The summed E-state index contributed by atoms with van der Waals surface area (Å²) in [7, 11) is 9.41. The van der Waals surface area contributed by atoms with Crippen LogP contribution in [0, 0.1) is 0 Å². The number of likely N-dealkylation sites (N-methyl/N-ethyl adjacent to an activating group) is 2. The Kier molecular flexibility index (Phi) is 6.21. The predicted octanol–water partition coefficient (Wildman–Crippen LogP) is 4.02. The molecule has 0 aliphatic rings. The van der Waals surface area contributed by atoms with Gasteiger partial charge in [0.25, 0.3) is 6.01 Å². The Balaban J connectivity index is 2.01. The molecule has 1 aromatic heterocycles. The first-order chi connectivity index (χ1) is 13.5. The zero-order chi connectivity index (χ0) is 20.1. The Labute approximate surface area is 166 Å². The molecule has 0 fully saturated rings. The molecule has 0 aliphatic carbocycles.